The van der Waals surface area contributed by atoms with E-state index in [1.165, 1.54) is 4.57 Å². The van der Waals surface area contributed by atoms with Crippen LogP contribution in [0.25, 0.3) is 16.8 Å². The first kappa shape index (κ1) is 23.3. The molecule has 0 unspecified atom stereocenters. The monoisotopic (exact) mass is 467 g/mol. The number of ether oxygens (including phenoxy) is 2. The van der Waals surface area contributed by atoms with Crippen molar-refractivity contribution < 1.29 is 19.1 Å². The molecule has 1 aromatic carbocycles. The predicted molar refractivity (Wildman–Crippen MR) is 126 cm³/mol. The first-order valence-corrected chi connectivity index (χ1v) is 11.5. The number of nitrogens with zero attached hydrogens (tertiary/aromatic N) is 5. The molecule has 3 aromatic rings. The molecule has 2 aromatic heterocycles. The van der Waals surface area contributed by atoms with Gasteiger partial charge in [-0.05, 0) is 44.2 Å². The molecule has 1 fully saturated rings. The molecular formula is C24H29N5O5. The molecule has 0 bridgehead atoms. The molecule has 1 aliphatic heterocycles. The van der Waals surface area contributed by atoms with E-state index < -0.39 is 0 Å². The lowest BCUT2D eigenvalue weighted by Crippen LogP contribution is -2.50. The minimum absolute atomic E-state index is 0.0427. The number of carbonyl (C=O) groups is 2. The van der Waals surface area contributed by atoms with Gasteiger partial charge in [0.25, 0.3) is 5.56 Å². The third kappa shape index (κ3) is 5.05. The molecule has 0 N–H and O–H groups in total. The first-order valence-electron chi connectivity index (χ1n) is 11.5. The average molecular weight is 468 g/mol. The Morgan fingerprint density at radius 3 is 2.35 bits per heavy atom. The molecule has 0 spiro atoms. The van der Waals surface area contributed by atoms with Gasteiger partial charge in [0.2, 0.25) is 5.91 Å². The maximum absolute atomic E-state index is 13.0. The van der Waals surface area contributed by atoms with Gasteiger partial charge in [0, 0.05) is 57.1 Å². The lowest BCUT2D eigenvalue weighted by Gasteiger charge is -2.34. The molecule has 180 valence electrons. The van der Waals surface area contributed by atoms with Crippen LogP contribution in [0.2, 0.25) is 0 Å². The summed E-state index contributed by atoms with van der Waals surface area (Å²) in [6.45, 7) is 6.70. The number of rotatable bonds is 7. The van der Waals surface area contributed by atoms with E-state index in [1.54, 1.807) is 39.7 Å². The van der Waals surface area contributed by atoms with Crippen molar-refractivity contribution in [3.8, 4) is 17.0 Å². The average Bonchev–Trinajstić information content (AvgIpc) is 3.30. The lowest BCUT2D eigenvalue weighted by molar-refractivity contribution is -0.133. The van der Waals surface area contributed by atoms with Crippen molar-refractivity contribution in [1.29, 1.82) is 0 Å². The van der Waals surface area contributed by atoms with E-state index in [1.807, 2.05) is 31.2 Å². The molecule has 10 heteroatoms. The summed E-state index contributed by atoms with van der Waals surface area (Å²) in [6.07, 6.45) is 3.23. The number of carbonyl (C=O) groups excluding carboxylic acids is 2. The fraction of sp³-hybridized carbons (Fsp3) is 0.417. The number of piperazine rings is 1. The molecule has 0 atom stereocenters. The van der Waals surface area contributed by atoms with Crippen LogP contribution in [-0.4, -0.2) is 75.4 Å². The number of benzene rings is 1. The van der Waals surface area contributed by atoms with E-state index in [-0.39, 0.29) is 30.5 Å². The summed E-state index contributed by atoms with van der Waals surface area (Å²) in [7, 11) is 0. The highest BCUT2D eigenvalue weighted by atomic mass is 16.6. The van der Waals surface area contributed by atoms with Crippen LogP contribution in [0.5, 0.6) is 5.75 Å². The zero-order valence-electron chi connectivity index (χ0n) is 19.5. The molecule has 4 rings (SSSR count). The highest BCUT2D eigenvalue weighted by Crippen LogP contribution is 2.22. The van der Waals surface area contributed by atoms with Crippen molar-refractivity contribution in [2.75, 3.05) is 39.4 Å². The van der Waals surface area contributed by atoms with Crippen molar-refractivity contribution >= 4 is 17.5 Å². The number of hydrogen-bond donors (Lipinski definition) is 0. The summed E-state index contributed by atoms with van der Waals surface area (Å²) < 4.78 is 13.6. The molecule has 34 heavy (non-hydrogen) atoms. The Kier molecular flexibility index (Phi) is 7.15. The molecule has 3 heterocycles. The Balaban J connectivity index is 1.39. The van der Waals surface area contributed by atoms with Crippen molar-refractivity contribution in [1.82, 2.24) is 24.0 Å². The molecular weight excluding hydrogens is 438 g/mol. The van der Waals surface area contributed by atoms with Gasteiger partial charge in [-0.25, -0.2) is 9.31 Å². The van der Waals surface area contributed by atoms with Crippen LogP contribution in [0.3, 0.4) is 0 Å². The number of aromatic nitrogens is 3. The number of amides is 2. The summed E-state index contributed by atoms with van der Waals surface area (Å²) in [4.78, 5) is 40.8. The normalized spacial score (nSPS) is 13.8. The van der Waals surface area contributed by atoms with Gasteiger partial charge in [0.05, 0.1) is 18.9 Å². The molecule has 1 saturated heterocycles. The zero-order chi connectivity index (χ0) is 24.1. The lowest BCUT2D eigenvalue weighted by atomic mass is 10.1. The van der Waals surface area contributed by atoms with Crippen LogP contribution >= 0.6 is 0 Å². The molecule has 0 saturated carbocycles. The minimum Gasteiger partial charge on any atom is -0.494 e. The van der Waals surface area contributed by atoms with Crippen LogP contribution in [0.15, 0.2) is 47.5 Å². The summed E-state index contributed by atoms with van der Waals surface area (Å²) in [5.41, 5.74) is 1.82. The van der Waals surface area contributed by atoms with Gasteiger partial charge < -0.3 is 23.8 Å². The van der Waals surface area contributed by atoms with E-state index in [2.05, 4.69) is 5.10 Å². The van der Waals surface area contributed by atoms with Gasteiger partial charge in [-0.15, -0.1) is 0 Å². The van der Waals surface area contributed by atoms with Crippen molar-refractivity contribution in [2.24, 2.45) is 0 Å². The van der Waals surface area contributed by atoms with Crippen molar-refractivity contribution in [3.63, 3.8) is 0 Å². The summed E-state index contributed by atoms with van der Waals surface area (Å²) in [5.74, 6) is 0.739. The first-order chi connectivity index (χ1) is 16.5. The van der Waals surface area contributed by atoms with Crippen LogP contribution in [0.4, 0.5) is 4.79 Å². The van der Waals surface area contributed by atoms with Crippen LogP contribution in [0, 0.1) is 0 Å². The number of fused-ring (bicyclic) bond motifs is 1. The maximum atomic E-state index is 13.0. The highest BCUT2D eigenvalue weighted by molar-refractivity contribution is 5.76. The Hall–Kier alpha value is -3.82. The number of hydrogen-bond acceptors (Lipinski definition) is 6. The smallest absolute Gasteiger partial charge is 0.409 e. The van der Waals surface area contributed by atoms with Crippen molar-refractivity contribution in [2.45, 2.75) is 26.8 Å². The minimum atomic E-state index is -0.347. The fourth-order valence-electron chi connectivity index (χ4n) is 3.96. The van der Waals surface area contributed by atoms with Gasteiger partial charge in [0.1, 0.15) is 11.3 Å². The van der Waals surface area contributed by atoms with Gasteiger partial charge in [-0.2, -0.15) is 5.10 Å². The molecule has 0 aliphatic carbocycles. The van der Waals surface area contributed by atoms with E-state index in [0.29, 0.717) is 50.6 Å². The zero-order valence-corrected chi connectivity index (χ0v) is 19.5. The summed E-state index contributed by atoms with van der Waals surface area (Å²) >= 11 is 0. The third-order valence-corrected chi connectivity index (χ3v) is 5.79. The molecule has 1 aliphatic rings. The number of aryl methyl sites for hydroxylation is 1. The Labute approximate surface area is 197 Å². The Bertz CT molecular complexity index is 1210. The summed E-state index contributed by atoms with van der Waals surface area (Å²) in [5, 5.41) is 4.51. The van der Waals surface area contributed by atoms with Gasteiger partial charge in [-0.1, -0.05) is 0 Å². The van der Waals surface area contributed by atoms with Crippen molar-refractivity contribution in [3.05, 3.63) is 53.1 Å². The topological polar surface area (TPSA) is 98.4 Å². The van der Waals surface area contributed by atoms with Gasteiger partial charge in [-0.3, -0.25) is 9.59 Å². The van der Waals surface area contributed by atoms with E-state index in [0.717, 1.165) is 11.3 Å². The molecule has 0 radical (unpaired) electrons. The maximum Gasteiger partial charge on any atom is 0.409 e. The van der Waals surface area contributed by atoms with Crippen LogP contribution in [0.1, 0.15) is 20.3 Å². The molecule has 10 nitrogen and oxygen atoms in total. The van der Waals surface area contributed by atoms with Gasteiger partial charge >= 0.3 is 6.09 Å². The van der Waals surface area contributed by atoms with E-state index in [4.69, 9.17) is 9.47 Å². The Morgan fingerprint density at radius 2 is 1.68 bits per heavy atom. The van der Waals surface area contributed by atoms with Crippen LogP contribution in [-0.2, 0) is 16.1 Å². The quantitative estimate of drug-likeness (QED) is 0.529. The third-order valence-electron chi connectivity index (χ3n) is 5.79. The SMILES string of the molecule is CCOC(=O)N1CCN(C(=O)CCn2ccn3nc(-c4ccc(OCC)cc4)cc3c2=O)CC1. The van der Waals surface area contributed by atoms with E-state index in [9.17, 15) is 14.4 Å². The highest BCUT2D eigenvalue weighted by Gasteiger charge is 2.24. The van der Waals surface area contributed by atoms with E-state index >= 15 is 0 Å². The second-order valence-electron chi connectivity index (χ2n) is 7.93. The second kappa shape index (κ2) is 10.4. The predicted octanol–water partition coefficient (Wildman–Crippen LogP) is 2.25. The van der Waals surface area contributed by atoms with Crippen LogP contribution < -0.4 is 10.3 Å². The fourth-order valence-corrected chi connectivity index (χ4v) is 3.96. The second-order valence-corrected chi connectivity index (χ2v) is 7.93. The standard InChI is InChI=1S/C24H29N5O5/c1-3-33-19-7-5-18(6-8-19)20-17-21-23(31)27(15-16-29(21)25-20)10-9-22(30)26-11-13-28(14-12-26)24(32)34-4-2/h5-8,15-17H,3-4,9-14H2,1-2H3. The largest absolute Gasteiger partial charge is 0.494 e. The molecule has 2 amide bonds. The Morgan fingerprint density at radius 1 is 0.971 bits per heavy atom. The van der Waals surface area contributed by atoms with Gasteiger partial charge in [0.15, 0.2) is 0 Å². The summed E-state index contributed by atoms with van der Waals surface area (Å²) in [6, 6.07) is 9.32.